The smallest absolute Gasteiger partial charge is 0.120 e. The third kappa shape index (κ3) is 1.41. The predicted octanol–water partition coefficient (Wildman–Crippen LogP) is 3.90. The van der Waals surface area contributed by atoms with E-state index in [1.165, 1.54) is 16.3 Å². The van der Waals surface area contributed by atoms with E-state index >= 15 is 0 Å². The molecule has 1 heterocycles. The second-order valence-corrected chi connectivity index (χ2v) is 4.50. The standard InChI is InChI=1S/C15H15NO/c1-3-10-7-12-11-6-4-5-9(2)15(11)16-13(12)8-14(10)17/h4-8,16-17H,3H2,1-2H3. The van der Waals surface area contributed by atoms with Crippen molar-refractivity contribution in [2.45, 2.75) is 20.3 Å². The van der Waals surface area contributed by atoms with Crippen molar-refractivity contribution in [3.63, 3.8) is 0 Å². The molecule has 0 fully saturated rings. The molecule has 0 aliphatic heterocycles. The van der Waals surface area contributed by atoms with Gasteiger partial charge in [-0.1, -0.05) is 25.1 Å². The van der Waals surface area contributed by atoms with Crippen LogP contribution in [0, 0.1) is 6.92 Å². The first-order chi connectivity index (χ1) is 8.20. The van der Waals surface area contributed by atoms with Gasteiger partial charge in [-0.3, -0.25) is 0 Å². The second kappa shape index (κ2) is 3.52. The molecule has 2 heteroatoms. The summed E-state index contributed by atoms with van der Waals surface area (Å²) in [6.45, 7) is 4.15. The molecule has 3 aromatic rings. The molecule has 0 aliphatic rings. The molecule has 0 radical (unpaired) electrons. The summed E-state index contributed by atoms with van der Waals surface area (Å²) in [6, 6.07) is 10.2. The molecule has 0 saturated carbocycles. The van der Waals surface area contributed by atoms with E-state index in [4.69, 9.17) is 0 Å². The van der Waals surface area contributed by atoms with Crippen LogP contribution in [0.1, 0.15) is 18.1 Å². The molecule has 0 amide bonds. The van der Waals surface area contributed by atoms with Crippen LogP contribution in [-0.2, 0) is 6.42 Å². The highest BCUT2D eigenvalue weighted by molar-refractivity contribution is 6.08. The number of fused-ring (bicyclic) bond motifs is 3. The third-order valence-corrected chi connectivity index (χ3v) is 3.42. The largest absolute Gasteiger partial charge is 0.508 e. The van der Waals surface area contributed by atoms with Gasteiger partial charge in [0.15, 0.2) is 0 Å². The summed E-state index contributed by atoms with van der Waals surface area (Å²) in [5.74, 6) is 0.379. The first-order valence-electron chi connectivity index (χ1n) is 5.93. The van der Waals surface area contributed by atoms with Crippen LogP contribution in [0.4, 0.5) is 0 Å². The second-order valence-electron chi connectivity index (χ2n) is 4.50. The molecular weight excluding hydrogens is 210 g/mol. The van der Waals surface area contributed by atoms with Gasteiger partial charge in [-0.05, 0) is 30.5 Å². The molecule has 0 aliphatic carbocycles. The topological polar surface area (TPSA) is 36.0 Å². The Balaban J connectivity index is 2.49. The van der Waals surface area contributed by atoms with E-state index in [1.54, 1.807) is 0 Å². The Kier molecular flexibility index (Phi) is 2.11. The van der Waals surface area contributed by atoms with Gasteiger partial charge in [-0.15, -0.1) is 0 Å². The monoisotopic (exact) mass is 225 g/mol. The van der Waals surface area contributed by atoms with E-state index in [2.05, 4.69) is 43.1 Å². The number of aryl methyl sites for hydroxylation is 2. The highest BCUT2D eigenvalue weighted by Gasteiger charge is 2.09. The summed E-state index contributed by atoms with van der Waals surface area (Å²) in [5.41, 5.74) is 4.40. The van der Waals surface area contributed by atoms with Gasteiger partial charge in [0.1, 0.15) is 5.75 Å². The predicted molar refractivity (Wildman–Crippen MR) is 71.6 cm³/mol. The fraction of sp³-hybridized carbons (Fsp3) is 0.200. The lowest BCUT2D eigenvalue weighted by atomic mass is 10.1. The zero-order chi connectivity index (χ0) is 12.0. The van der Waals surface area contributed by atoms with Crippen LogP contribution in [0.2, 0.25) is 0 Å². The van der Waals surface area contributed by atoms with Gasteiger partial charge in [-0.2, -0.15) is 0 Å². The molecule has 0 atom stereocenters. The van der Waals surface area contributed by atoms with E-state index in [-0.39, 0.29) is 0 Å². The van der Waals surface area contributed by atoms with Crippen LogP contribution in [-0.4, -0.2) is 10.1 Å². The van der Waals surface area contributed by atoms with Gasteiger partial charge in [-0.25, -0.2) is 0 Å². The van der Waals surface area contributed by atoms with E-state index in [9.17, 15) is 5.11 Å². The molecule has 0 spiro atoms. The zero-order valence-corrected chi connectivity index (χ0v) is 10.0. The Morgan fingerprint density at radius 2 is 2.00 bits per heavy atom. The molecule has 3 rings (SSSR count). The van der Waals surface area contributed by atoms with E-state index in [0.29, 0.717) is 5.75 Å². The average Bonchev–Trinajstić information content (AvgIpc) is 2.67. The molecule has 1 aromatic heterocycles. The van der Waals surface area contributed by atoms with Crippen molar-refractivity contribution in [3.05, 3.63) is 41.5 Å². The summed E-state index contributed by atoms with van der Waals surface area (Å²) in [5, 5.41) is 12.3. The Labute approximate surface area is 99.9 Å². The maximum Gasteiger partial charge on any atom is 0.120 e. The number of aromatic amines is 1. The van der Waals surface area contributed by atoms with Crippen molar-refractivity contribution in [1.82, 2.24) is 4.98 Å². The quantitative estimate of drug-likeness (QED) is 0.647. The van der Waals surface area contributed by atoms with Crippen molar-refractivity contribution in [3.8, 4) is 5.75 Å². The van der Waals surface area contributed by atoms with Gasteiger partial charge in [0, 0.05) is 22.4 Å². The van der Waals surface area contributed by atoms with Gasteiger partial charge in [0.05, 0.1) is 5.52 Å². The lowest BCUT2D eigenvalue weighted by molar-refractivity contribution is 0.469. The molecule has 86 valence electrons. The summed E-state index contributed by atoms with van der Waals surface area (Å²) < 4.78 is 0. The molecule has 17 heavy (non-hydrogen) atoms. The van der Waals surface area contributed by atoms with Gasteiger partial charge in [0.2, 0.25) is 0 Å². The number of phenols is 1. The van der Waals surface area contributed by atoms with Crippen molar-refractivity contribution in [2.75, 3.05) is 0 Å². The molecule has 2 nitrogen and oxygen atoms in total. The minimum Gasteiger partial charge on any atom is -0.508 e. The number of benzene rings is 2. The number of hydrogen-bond donors (Lipinski definition) is 2. The van der Waals surface area contributed by atoms with E-state index in [1.807, 2.05) is 6.07 Å². The number of aromatic nitrogens is 1. The zero-order valence-electron chi connectivity index (χ0n) is 10.0. The minimum absolute atomic E-state index is 0.379. The van der Waals surface area contributed by atoms with Crippen LogP contribution < -0.4 is 0 Å². The fourth-order valence-electron chi connectivity index (χ4n) is 2.44. The number of para-hydroxylation sites is 1. The van der Waals surface area contributed by atoms with Crippen LogP contribution in [0.3, 0.4) is 0 Å². The number of nitrogens with one attached hydrogen (secondary N) is 1. The molecule has 0 unspecified atom stereocenters. The molecule has 2 aromatic carbocycles. The first-order valence-corrected chi connectivity index (χ1v) is 5.93. The Hall–Kier alpha value is -1.96. The van der Waals surface area contributed by atoms with Crippen molar-refractivity contribution in [1.29, 1.82) is 0 Å². The summed E-state index contributed by atoms with van der Waals surface area (Å²) in [7, 11) is 0. The Morgan fingerprint density at radius 1 is 1.18 bits per heavy atom. The minimum atomic E-state index is 0.379. The van der Waals surface area contributed by atoms with Gasteiger partial charge >= 0.3 is 0 Å². The highest BCUT2D eigenvalue weighted by atomic mass is 16.3. The number of hydrogen-bond acceptors (Lipinski definition) is 1. The molecule has 2 N–H and O–H groups in total. The summed E-state index contributed by atoms with van der Waals surface area (Å²) >= 11 is 0. The van der Waals surface area contributed by atoms with Crippen LogP contribution >= 0.6 is 0 Å². The Bertz CT molecular complexity index is 710. The van der Waals surface area contributed by atoms with E-state index in [0.717, 1.165) is 23.0 Å². The first kappa shape index (κ1) is 10.2. The SMILES string of the molecule is CCc1cc2c(cc1O)[nH]c1c(C)cccc12. The molecule has 0 saturated heterocycles. The number of aromatic hydroxyl groups is 1. The van der Waals surface area contributed by atoms with E-state index < -0.39 is 0 Å². The number of rotatable bonds is 1. The van der Waals surface area contributed by atoms with Crippen molar-refractivity contribution >= 4 is 21.8 Å². The third-order valence-electron chi connectivity index (χ3n) is 3.42. The van der Waals surface area contributed by atoms with Crippen LogP contribution in [0.5, 0.6) is 5.75 Å². The van der Waals surface area contributed by atoms with Crippen molar-refractivity contribution < 1.29 is 5.11 Å². The molecular formula is C15H15NO. The fourth-order valence-corrected chi connectivity index (χ4v) is 2.44. The summed E-state index contributed by atoms with van der Waals surface area (Å²) in [4.78, 5) is 3.38. The summed E-state index contributed by atoms with van der Waals surface area (Å²) in [6.07, 6.45) is 0.847. The number of H-pyrrole nitrogens is 1. The number of phenolic OH excluding ortho intramolecular Hbond substituents is 1. The highest BCUT2D eigenvalue weighted by Crippen LogP contribution is 2.32. The van der Waals surface area contributed by atoms with Gasteiger partial charge in [0.25, 0.3) is 0 Å². The average molecular weight is 225 g/mol. The van der Waals surface area contributed by atoms with Crippen molar-refractivity contribution in [2.24, 2.45) is 0 Å². The maximum absolute atomic E-state index is 9.88. The van der Waals surface area contributed by atoms with Gasteiger partial charge < -0.3 is 10.1 Å². The maximum atomic E-state index is 9.88. The normalized spacial score (nSPS) is 11.4. The lowest BCUT2D eigenvalue weighted by Gasteiger charge is -2.01. The molecule has 0 bridgehead atoms. The van der Waals surface area contributed by atoms with Crippen LogP contribution in [0.15, 0.2) is 30.3 Å². The lowest BCUT2D eigenvalue weighted by Crippen LogP contribution is -1.81. The Morgan fingerprint density at radius 3 is 2.76 bits per heavy atom. The van der Waals surface area contributed by atoms with Crippen LogP contribution in [0.25, 0.3) is 21.8 Å².